The molecule has 0 radical (unpaired) electrons. The van der Waals surface area contributed by atoms with Crippen molar-refractivity contribution in [2.24, 2.45) is 0 Å². The average molecular weight is 967 g/mol. The Morgan fingerprint density at radius 3 is 0.857 bits per heavy atom. The molecular weight excluding hydrogens is 889 g/mol. The molecule has 8 rings (SSSR count). The van der Waals surface area contributed by atoms with Crippen molar-refractivity contribution in [1.29, 1.82) is 0 Å². The van der Waals surface area contributed by atoms with Gasteiger partial charge in [-0.05, 0) is 51.5 Å². The normalized spacial score (nSPS) is 22.5. The van der Waals surface area contributed by atoms with Gasteiger partial charge in [0.1, 0.15) is 12.2 Å². The van der Waals surface area contributed by atoms with Crippen LogP contribution in [0.5, 0.6) is 0 Å². The zero-order valence-electron chi connectivity index (χ0n) is 41.3. The van der Waals surface area contributed by atoms with E-state index in [4.69, 9.17) is 32.8 Å². The molecule has 2 aliphatic carbocycles. The monoisotopic (exact) mass is 967 g/mol. The Labute approximate surface area is 420 Å². The molecule has 4 unspecified atom stereocenters. The second kappa shape index (κ2) is 27.7. The van der Waals surface area contributed by atoms with Crippen LogP contribution in [0.2, 0.25) is 18.1 Å². The zero-order valence-corrected chi connectivity index (χ0v) is 42.3. The van der Waals surface area contributed by atoms with E-state index in [1.807, 2.05) is 97.1 Å². The van der Waals surface area contributed by atoms with Gasteiger partial charge in [-0.2, -0.15) is 0 Å². The number of aliphatic hydroxyl groups is 1. The predicted octanol–water partition coefficient (Wildman–Crippen LogP) is 13.5. The Hall–Kier alpha value is -4.78. The fourth-order valence-electron chi connectivity index (χ4n) is 8.68. The van der Waals surface area contributed by atoms with Crippen molar-refractivity contribution in [3.63, 3.8) is 0 Å². The molecule has 6 aromatic rings. The van der Waals surface area contributed by atoms with Crippen molar-refractivity contribution in [2.75, 3.05) is 0 Å². The minimum Gasteiger partial charge on any atom is -0.414 e. The number of ether oxygens (including phenoxy) is 6. The Morgan fingerprint density at radius 1 is 0.386 bits per heavy atom. The van der Waals surface area contributed by atoms with Crippen molar-refractivity contribution in [1.82, 2.24) is 0 Å². The van der Waals surface area contributed by atoms with E-state index in [9.17, 15) is 5.11 Å². The fraction of sp³-hybridized carbons (Fsp3) is 0.410. The van der Waals surface area contributed by atoms with Gasteiger partial charge in [0.25, 0.3) is 0 Å². The molecule has 70 heavy (non-hydrogen) atoms. The van der Waals surface area contributed by atoms with Crippen molar-refractivity contribution < 1.29 is 38.0 Å². The van der Waals surface area contributed by atoms with E-state index >= 15 is 0 Å². The van der Waals surface area contributed by atoms with E-state index in [0.717, 1.165) is 46.2 Å². The SMILES string of the molecule is C.CC(C)(C)[Si](C)(C)OC1CC(OCc2ccccc2)C(OCc2ccccc2)C(OCc2ccccc2)C1.OC1CC(OCc2ccccc2)C(OCc2ccccc2)C(OCc2ccccc2)C1. The number of hydrogen-bond donors (Lipinski definition) is 1. The Balaban J connectivity index is 0.000000231. The van der Waals surface area contributed by atoms with Gasteiger partial charge >= 0.3 is 0 Å². The lowest BCUT2D eigenvalue weighted by molar-refractivity contribution is -0.188. The molecule has 0 amide bonds. The maximum Gasteiger partial charge on any atom is 0.192 e. The summed E-state index contributed by atoms with van der Waals surface area (Å²) in [5.74, 6) is 0. The third kappa shape index (κ3) is 17.2. The maximum absolute atomic E-state index is 10.5. The zero-order chi connectivity index (χ0) is 48.3. The van der Waals surface area contributed by atoms with Gasteiger partial charge in [0.05, 0.1) is 76.3 Å². The van der Waals surface area contributed by atoms with E-state index in [1.54, 1.807) is 0 Å². The molecule has 1 N–H and O–H groups in total. The Bertz CT molecular complexity index is 2190. The smallest absolute Gasteiger partial charge is 0.192 e. The molecule has 2 aliphatic rings. The molecule has 0 saturated heterocycles. The molecule has 0 spiro atoms. The van der Waals surface area contributed by atoms with Crippen molar-refractivity contribution in [3.05, 3.63) is 215 Å². The van der Waals surface area contributed by atoms with Crippen LogP contribution in [0.3, 0.4) is 0 Å². The maximum atomic E-state index is 10.5. The second-order valence-electron chi connectivity index (χ2n) is 20.0. The van der Waals surface area contributed by atoms with Crippen LogP contribution >= 0.6 is 0 Å². The molecule has 0 bridgehead atoms. The van der Waals surface area contributed by atoms with Crippen LogP contribution in [0, 0.1) is 0 Å². The highest BCUT2D eigenvalue weighted by molar-refractivity contribution is 6.74. The third-order valence-electron chi connectivity index (χ3n) is 13.5. The second-order valence-corrected chi connectivity index (χ2v) is 24.7. The summed E-state index contributed by atoms with van der Waals surface area (Å²) in [5.41, 5.74) is 6.78. The lowest BCUT2D eigenvalue weighted by Gasteiger charge is -2.45. The van der Waals surface area contributed by atoms with Crippen LogP contribution < -0.4 is 0 Å². The van der Waals surface area contributed by atoms with Crippen LogP contribution in [-0.4, -0.2) is 62.3 Å². The summed E-state index contributed by atoms with van der Waals surface area (Å²) >= 11 is 0. The lowest BCUT2D eigenvalue weighted by atomic mass is 9.89. The van der Waals surface area contributed by atoms with E-state index in [0.29, 0.717) is 52.5 Å². The molecule has 2 fully saturated rings. The molecule has 4 atom stereocenters. The van der Waals surface area contributed by atoms with E-state index in [1.165, 1.54) is 0 Å². The van der Waals surface area contributed by atoms with Crippen molar-refractivity contribution >= 4 is 8.32 Å². The highest BCUT2D eigenvalue weighted by Gasteiger charge is 2.46. The molecule has 0 aliphatic heterocycles. The Morgan fingerprint density at radius 2 is 0.614 bits per heavy atom. The molecular formula is C61H78O8Si. The largest absolute Gasteiger partial charge is 0.414 e. The van der Waals surface area contributed by atoms with E-state index in [2.05, 4.69) is 119 Å². The van der Waals surface area contributed by atoms with Crippen LogP contribution in [0.15, 0.2) is 182 Å². The molecule has 9 heteroatoms. The standard InChI is InChI=1S/C33H44O4Si.C27H30O4.CH4/c1-33(2,3)38(4,5)37-29-21-30(34-23-26-15-9-6-10-16-26)32(36-25-28-19-13-8-14-20-28)31(22-29)35-24-27-17-11-7-12-18-27;28-24-16-25(29-18-21-10-4-1-5-11-21)27(31-20-23-14-8-3-9-15-23)26(17-24)30-19-22-12-6-2-7-13-22;/h6-20,29-32H,21-25H2,1-5H3;1-15,24-28H,16-20H2;1H4. The van der Waals surface area contributed by atoms with Crippen molar-refractivity contribution in [2.45, 2.75) is 160 Å². The lowest BCUT2D eigenvalue weighted by Crippen LogP contribution is -2.54. The summed E-state index contributed by atoms with van der Waals surface area (Å²) < 4.78 is 45.7. The van der Waals surface area contributed by atoms with Gasteiger partial charge < -0.3 is 38.0 Å². The van der Waals surface area contributed by atoms with Gasteiger partial charge in [-0.25, -0.2) is 0 Å². The summed E-state index contributed by atoms with van der Waals surface area (Å²) in [5, 5.41) is 10.7. The van der Waals surface area contributed by atoms with E-state index in [-0.39, 0.29) is 55.2 Å². The highest BCUT2D eigenvalue weighted by atomic mass is 28.4. The molecule has 0 aromatic heterocycles. The summed E-state index contributed by atoms with van der Waals surface area (Å²) in [7, 11) is -1.97. The third-order valence-corrected chi connectivity index (χ3v) is 18.1. The minimum absolute atomic E-state index is 0. The van der Waals surface area contributed by atoms with Crippen LogP contribution in [0.4, 0.5) is 0 Å². The predicted molar refractivity (Wildman–Crippen MR) is 283 cm³/mol. The highest BCUT2D eigenvalue weighted by Crippen LogP contribution is 2.41. The van der Waals surface area contributed by atoms with Gasteiger partial charge in [0.2, 0.25) is 0 Å². The first kappa shape index (κ1) is 54.5. The van der Waals surface area contributed by atoms with Crippen LogP contribution in [-0.2, 0) is 72.5 Å². The van der Waals surface area contributed by atoms with Gasteiger partial charge in [-0.15, -0.1) is 0 Å². The Kier molecular flexibility index (Phi) is 21.6. The molecule has 8 nitrogen and oxygen atoms in total. The van der Waals surface area contributed by atoms with Gasteiger partial charge in [-0.3, -0.25) is 0 Å². The van der Waals surface area contributed by atoms with Crippen LogP contribution in [0.1, 0.15) is 87.3 Å². The van der Waals surface area contributed by atoms with E-state index < -0.39 is 14.4 Å². The molecule has 374 valence electrons. The van der Waals surface area contributed by atoms with Gasteiger partial charge in [0.15, 0.2) is 8.32 Å². The van der Waals surface area contributed by atoms with Crippen molar-refractivity contribution in [3.8, 4) is 0 Å². The first-order valence-electron chi connectivity index (χ1n) is 24.8. The summed E-state index contributed by atoms with van der Waals surface area (Å²) in [6.45, 7) is 14.6. The topological polar surface area (TPSA) is 84.8 Å². The summed E-state index contributed by atoms with van der Waals surface area (Å²) in [4.78, 5) is 0. The van der Waals surface area contributed by atoms with Crippen LogP contribution in [0.25, 0.3) is 0 Å². The van der Waals surface area contributed by atoms with Gasteiger partial charge in [-0.1, -0.05) is 210 Å². The first-order valence-corrected chi connectivity index (χ1v) is 27.7. The molecule has 6 aromatic carbocycles. The summed E-state index contributed by atoms with van der Waals surface area (Å²) in [6.07, 6.45) is 1.06. The quantitative estimate of drug-likeness (QED) is 0.0758. The fourth-order valence-corrected chi connectivity index (χ4v) is 10.1. The number of benzene rings is 6. The molecule has 0 heterocycles. The molecule has 2 saturated carbocycles. The number of aliphatic hydroxyl groups excluding tert-OH is 1. The first-order chi connectivity index (χ1) is 33.5. The number of rotatable bonds is 20. The van der Waals surface area contributed by atoms with Gasteiger partial charge in [0, 0.05) is 25.7 Å². The average Bonchev–Trinajstić information content (AvgIpc) is 3.37. The minimum atomic E-state index is -1.97. The summed E-state index contributed by atoms with van der Waals surface area (Å²) in [6, 6.07) is 61.4. The number of hydrogen-bond acceptors (Lipinski definition) is 8.